The first-order valence-electron chi connectivity index (χ1n) is 9.78. The number of hydrogen-bond acceptors (Lipinski definition) is 4. The first-order chi connectivity index (χ1) is 13.7. The number of carbonyl (C=O) groups is 1. The second kappa shape index (κ2) is 10.3. The van der Waals surface area contributed by atoms with Crippen molar-refractivity contribution in [2.24, 2.45) is 0 Å². The number of amides is 1. The molecule has 1 unspecified atom stereocenters. The highest BCUT2D eigenvalue weighted by Gasteiger charge is 2.23. The lowest BCUT2D eigenvalue weighted by atomic mass is 10.0. The zero-order valence-electron chi connectivity index (χ0n) is 16.2. The molecule has 0 radical (unpaired) electrons. The quantitative estimate of drug-likeness (QED) is 0.676. The summed E-state index contributed by atoms with van der Waals surface area (Å²) < 4.78 is 11.4. The van der Waals surface area contributed by atoms with Crippen LogP contribution >= 0.6 is 11.6 Å². The van der Waals surface area contributed by atoms with Crippen LogP contribution in [0.1, 0.15) is 31.4 Å². The van der Waals surface area contributed by atoms with Gasteiger partial charge in [0.15, 0.2) is 11.5 Å². The summed E-state index contributed by atoms with van der Waals surface area (Å²) in [5.41, 5.74) is 1.15. The highest BCUT2D eigenvalue weighted by molar-refractivity contribution is 6.30. The average molecular weight is 403 g/mol. The molecule has 5 nitrogen and oxygen atoms in total. The maximum Gasteiger partial charge on any atom is 0.222 e. The van der Waals surface area contributed by atoms with Crippen molar-refractivity contribution in [1.82, 2.24) is 10.2 Å². The van der Waals surface area contributed by atoms with Gasteiger partial charge in [0, 0.05) is 37.1 Å². The number of piperazine rings is 1. The molecule has 1 atom stereocenters. The molecule has 0 aliphatic carbocycles. The van der Waals surface area contributed by atoms with Gasteiger partial charge in [-0.25, -0.2) is 0 Å². The summed E-state index contributed by atoms with van der Waals surface area (Å²) in [6.07, 6.45) is 1.15. The Kier molecular flexibility index (Phi) is 7.57. The van der Waals surface area contributed by atoms with E-state index in [-0.39, 0.29) is 11.9 Å². The van der Waals surface area contributed by atoms with Crippen LogP contribution < -0.4 is 14.8 Å². The number of carbonyl (C=O) groups excluding carboxylic acids is 1. The molecular formula is C22H27ClN2O3. The van der Waals surface area contributed by atoms with E-state index in [1.165, 1.54) is 0 Å². The van der Waals surface area contributed by atoms with Crippen LogP contribution in [0.3, 0.4) is 0 Å². The van der Waals surface area contributed by atoms with Gasteiger partial charge >= 0.3 is 0 Å². The Bertz CT molecular complexity index is 767. The number of nitrogens with one attached hydrogen (secondary N) is 1. The van der Waals surface area contributed by atoms with Crippen molar-refractivity contribution in [2.45, 2.75) is 25.8 Å². The molecule has 3 rings (SSSR count). The highest BCUT2D eigenvalue weighted by Crippen LogP contribution is 2.26. The van der Waals surface area contributed by atoms with E-state index >= 15 is 0 Å². The average Bonchev–Trinajstić information content (AvgIpc) is 2.73. The van der Waals surface area contributed by atoms with Crippen LogP contribution in [0.25, 0.3) is 0 Å². The number of halogens is 1. The third-order valence-electron chi connectivity index (χ3n) is 4.74. The van der Waals surface area contributed by atoms with E-state index in [0.29, 0.717) is 32.6 Å². The molecule has 1 amide bonds. The lowest BCUT2D eigenvalue weighted by Crippen LogP contribution is -2.48. The van der Waals surface area contributed by atoms with Crippen molar-refractivity contribution in [1.29, 1.82) is 0 Å². The first kappa shape index (κ1) is 20.5. The van der Waals surface area contributed by atoms with Gasteiger partial charge in [0.05, 0.1) is 13.2 Å². The second-order valence-corrected chi connectivity index (χ2v) is 7.17. The molecule has 1 heterocycles. The van der Waals surface area contributed by atoms with Gasteiger partial charge in [0.1, 0.15) is 0 Å². The normalized spacial score (nSPS) is 16.6. The number of nitrogens with zero attached hydrogens (tertiary/aromatic N) is 1. The molecule has 1 fully saturated rings. The summed E-state index contributed by atoms with van der Waals surface area (Å²) in [5.74, 6) is 1.63. The molecule has 2 aromatic rings. The Morgan fingerprint density at radius 2 is 1.86 bits per heavy atom. The number of rotatable bonds is 8. The predicted octanol–water partition coefficient (Wildman–Crippen LogP) is 4.07. The second-order valence-electron chi connectivity index (χ2n) is 6.73. The molecule has 1 aliphatic rings. The minimum Gasteiger partial charge on any atom is -0.490 e. The highest BCUT2D eigenvalue weighted by atomic mass is 35.5. The van der Waals surface area contributed by atoms with E-state index in [1.807, 2.05) is 60.4 Å². The molecule has 150 valence electrons. The molecule has 1 N–H and O–H groups in total. The summed E-state index contributed by atoms with van der Waals surface area (Å²) in [6.45, 7) is 5.22. The zero-order chi connectivity index (χ0) is 19.8. The fraction of sp³-hybridized carbons (Fsp3) is 0.409. The Hall–Kier alpha value is -2.24. The summed E-state index contributed by atoms with van der Waals surface area (Å²) in [5, 5.41) is 4.19. The fourth-order valence-corrected chi connectivity index (χ4v) is 3.43. The molecule has 1 aliphatic heterocycles. The maximum absolute atomic E-state index is 12.6. The van der Waals surface area contributed by atoms with Crippen molar-refractivity contribution in [2.75, 3.05) is 32.8 Å². The lowest BCUT2D eigenvalue weighted by Gasteiger charge is -2.34. The van der Waals surface area contributed by atoms with Crippen molar-refractivity contribution in [3.63, 3.8) is 0 Å². The largest absolute Gasteiger partial charge is 0.490 e. The minimum absolute atomic E-state index is 0.143. The molecular weight excluding hydrogens is 376 g/mol. The smallest absolute Gasteiger partial charge is 0.222 e. The number of ether oxygens (including phenoxy) is 2. The van der Waals surface area contributed by atoms with Crippen molar-refractivity contribution >= 4 is 17.5 Å². The lowest BCUT2D eigenvalue weighted by molar-refractivity contribution is -0.132. The van der Waals surface area contributed by atoms with Crippen molar-refractivity contribution in [3.05, 3.63) is 59.1 Å². The summed E-state index contributed by atoms with van der Waals surface area (Å²) in [6, 6.07) is 15.6. The molecule has 0 bridgehead atoms. The van der Waals surface area contributed by atoms with Gasteiger partial charge in [0.25, 0.3) is 0 Å². The molecule has 0 spiro atoms. The van der Waals surface area contributed by atoms with Gasteiger partial charge < -0.3 is 19.7 Å². The SMILES string of the molecule is CCOc1ccccc1OCCCC(=O)N1CCNC(c2ccc(Cl)cc2)C1. The number of benzene rings is 2. The summed E-state index contributed by atoms with van der Waals surface area (Å²) in [7, 11) is 0. The standard InChI is InChI=1S/C22H27ClN2O3/c1-2-27-20-6-3-4-7-21(20)28-15-5-8-22(26)25-14-13-24-19(16-25)17-9-11-18(23)12-10-17/h3-4,6-7,9-12,19,24H,2,5,8,13-16H2,1H3. The van der Waals surface area contributed by atoms with E-state index in [9.17, 15) is 4.79 Å². The maximum atomic E-state index is 12.6. The minimum atomic E-state index is 0.143. The van der Waals surface area contributed by atoms with Gasteiger partial charge in [-0.05, 0) is 43.2 Å². The van der Waals surface area contributed by atoms with Crippen molar-refractivity contribution < 1.29 is 14.3 Å². The Morgan fingerprint density at radius 1 is 1.14 bits per heavy atom. The van der Waals surface area contributed by atoms with Crippen LogP contribution in [0, 0.1) is 0 Å². The van der Waals surface area contributed by atoms with Gasteiger partial charge in [-0.3, -0.25) is 4.79 Å². The zero-order valence-corrected chi connectivity index (χ0v) is 17.0. The third-order valence-corrected chi connectivity index (χ3v) is 4.99. The van der Waals surface area contributed by atoms with Gasteiger partial charge in [-0.15, -0.1) is 0 Å². The van der Waals surface area contributed by atoms with Gasteiger partial charge in [-0.2, -0.15) is 0 Å². The fourth-order valence-electron chi connectivity index (χ4n) is 3.30. The van der Waals surface area contributed by atoms with Gasteiger partial charge in [0.2, 0.25) is 5.91 Å². The molecule has 2 aromatic carbocycles. The van der Waals surface area contributed by atoms with E-state index in [1.54, 1.807) is 0 Å². The van der Waals surface area contributed by atoms with E-state index in [4.69, 9.17) is 21.1 Å². The Labute approximate surface area is 171 Å². The topological polar surface area (TPSA) is 50.8 Å². The monoisotopic (exact) mass is 402 g/mol. The third kappa shape index (κ3) is 5.63. The number of para-hydroxylation sites is 2. The van der Waals surface area contributed by atoms with E-state index in [2.05, 4.69) is 5.32 Å². The van der Waals surface area contributed by atoms with Crippen LogP contribution in [-0.2, 0) is 4.79 Å². The Morgan fingerprint density at radius 3 is 2.57 bits per heavy atom. The molecule has 1 saturated heterocycles. The molecule has 6 heteroatoms. The predicted molar refractivity (Wildman–Crippen MR) is 111 cm³/mol. The first-order valence-corrected chi connectivity index (χ1v) is 10.2. The summed E-state index contributed by atoms with van der Waals surface area (Å²) in [4.78, 5) is 14.5. The Balaban J connectivity index is 1.45. The molecule has 0 aromatic heterocycles. The van der Waals surface area contributed by atoms with E-state index < -0.39 is 0 Å². The van der Waals surface area contributed by atoms with Crippen LogP contribution in [0.4, 0.5) is 0 Å². The van der Waals surface area contributed by atoms with Crippen LogP contribution in [0.2, 0.25) is 5.02 Å². The van der Waals surface area contributed by atoms with Crippen LogP contribution in [-0.4, -0.2) is 43.7 Å². The number of hydrogen-bond donors (Lipinski definition) is 1. The molecule has 28 heavy (non-hydrogen) atoms. The van der Waals surface area contributed by atoms with E-state index in [0.717, 1.165) is 35.2 Å². The van der Waals surface area contributed by atoms with Crippen LogP contribution in [0.5, 0.6) is 11.5 Å². The van der Waals surface area contributed by atoms with Crippen molar-refractivity contribution in [3.8, 4) is 11.5 Å². The molecule has 0 saturated carbocycles. The summed E-state index contributed by atoms with van der Waals surface area (Å²) >= 11 is 5.97. The van der Waals surface area contributed by atoms with Crippen LogP contribution in [0.15, 0.2) is 48.5 Å². The van der Waals surface area contributed by atoms with Gasteiger partial charge in [-0.1, -0.05) is 35.9 Å².